The molecule has 27 heavy (non-hydrogen) atoms. The summed E-state index contributed by atoms with van der Waals surface area (Å²) in [5, 5.41) is 4.36. The summed E-state index contributed by atoms with van der Waals surface area (Å²) in [4.78, 5) is 17.0. The zero-order valence-electron chi connectivity index (χ0n) is 14.5. The van der Waals surface area contributed by atoms with Crippen LogP contribution in [0.4, 0.5) is 5.69 Å². The van der Waals surface area contributed by atoms with Crippen LogP contribution in [0.5, 0.6) is 0 Å². The molecule has 3 nitrogen and oxygen atoms in total. The molecule has 1 aromatic heterocycles. The molecule has 0 atom stereocenters. The van der Waals surface area contributed by atoms with Gasteiger partial charge in [-0.25, -0.2) is 4.98 Å². The molecule has 0 radical (unpaired) electrons. The Balaban J connectivity index is 1.51. The Hall–Kier alpha value is -2.69. The van der Waals surface area contributed by atoms with Crippen LogP contribution >= 0.6 is 22.9 Å². The first kappa shape index (κ1) is 17.7. The van der Waals surface area contributed by atoms with E-state index in [0.29, 0.717) is 23.6 Å². The lowest BCUT2D eigenvalue weighted by Crippen LogP contribution is -2.12. The van der Waals surface area contributed by atoms with Gasteiger partial charge in [0.05, 0.1) is 20.9 Å². The minimum atomic E-state index is -0.0535. The zero-order chi connectivity index (χ0) is 18.6. The summed E-state index contributed by atoms with van der Waals surface area (Å²) < 4.78 is 1.14. The molecule has 0 aliphatic heterocycles. The molecule has 4 rings (SSSR count). The lowest BCUT2D eigenvalue weighted by molar-refractivity contribution is -0.116. The fraction of sp³-hybridized carbons (Fsp3) is 0.0909. The second kappa shape index (κ2) is 7.91. The van der Waals surface area contributed by atoms with Gasteiger partial charge in [0.2, 0.25) is 5.91 Å². The van der Waals surface area contributed by atoms with Gasteiger partial charge in [0.15, 0.2) is 0 Å². The van der Waals surface area contributed by atoms with E-state index in [4.69, 9.17) is 11.6 Å². The molecule has 1 N–H and O–H groups in total. The van der Waals surface area contributed by atoms with Crippen molar-refractivity contribution in [1.82, 2.24) is 4.98 Å². The number of amides is 1. The molecule has 0 bridgehead atoms. The molecular formula is C22H17ClN2OS. The van der Waals surface area contributed by atoms with Crippen molar-refractivity contribution in [3.8, 4) is 10.6 Å². The molecule has 3 aromatic carbocycles. The van der Waals surface area contributed by atoms with Crippen LogP contribution in [-0.4, -0.2) is 10.9 Å². The summed E-state index contributed by atoms with van der Waals surface area (Å²) in [5.74, 6) is -0.0535. The van der Waals surface area contributed by atoms with Crippen molar-refractivity contribution >= 4 is 44.7 Å². The number of carbonyl (C=O) groups is 1. The number of rotatable bonds is 5. The zero-order valence-corrected chi connectivity index (χ0v) is 16.1. The minimum Gasteiger partial charge on any atom is -0.325 e. The number of thiazole rings is 1. The molecule has 5 heteroatoms. The van der Waals surface area contributed by atoms with Gasteiger partial charge in [-0.15, -0.1) is 11.3 Å². The number of carbonyl (C=O) groups excluding carboxylic acids is 1. The largest absolute Gasteiger partial charge is 0.325 e. The highest BCUT2D eigenvalue weighted by Gasteiger charge is 2.11. The summed E-state index contributed by atoms with van der Waals surface area (Å²) in [6.45, 7) is 0. The quantitative estimate of drug-likeness (QED) is 0.440. The first-order valence-corrected chi connectivity index (χ1v) is 9.88. The Morgan fingerprint density at radius 3 is 2.59 bits per heavy atom. The van der Waals surface area contributed by atoms with Gasteiger partial charge in [-0.2, -0.15) is 0 Å². The third kappa shape index (κ3) is 4.18. The van der Waals surface area contributed by atoms with Gasteiger partial charge in [0.25, 0.3) is 0 Å². The molecule has 0 unspecified atom stereocenters. The molecule has 134 valence electrons. The standard InChI is InChI=1S/C22H17ClN2OS/c23-17-12-11-16(22-25-18-8-4-5-9-20(18)27-22)14-19(17)24-21(26)13-10-15-6-2-1-3-7-15/h1-9,11-12,14H,10,13H2,(H,24,26). The van der Waals surface area contributed by atoms with E-state index in [9.17, 15) is 4.79 Å². The van der Waals surface area contributed by atoms with Crippen LogP contribution in [-0.2, 0) is 11.2 Å². The molecule has 1 amide bonds. The number of aromatic nitrogens is 1. The van der Waals surface area contributed by atoms with E-state index in [1.807, 2.05) is 60.7 Å². The molecule has 0 saturated carbocycles. The van der Waals surface area contributed by atoms with Crippen LogP contribution < -0.4 is 5.32 Å². The maximum atomic E-state index is 12.3. The van der Waals surface area contributed by atoms with Gasteiger partial charge in [-0.1, -0.05) is 60.1 Å². The highest BCUT2D eigenvalue weighted by atomic mass is 35.5. The molecule has 0 spiro atoms. The van der Waals surface area contributed by atoms with Gasteiger partial charge in [-0.3, -0.25) is 4.79 Å². The van der Waals surface area contributed by atoms with Gasteiger partial charge >= 0.3 is 0 Å². The van der Waals surface area contributed by atoms with E-state index in [0.717, 1.165) is 26.4 Å². The molecule has 0 aliphatic rings. The lowest BCUT2D eigenvalue weighted by atomic mass is 10.1. The van der Waals surface area contributed by atoms with Gasteiger partial charge < -0.3 is 5.32 Å². The number of hydrogen-bond donors (Lipinski definition) is 1. The molecular weight excluding hydrogens is 376 g/mol. The van der Waals surface area contributed by atoms with Crippen molar-refractivity contribution in [3.63, 3.8) is 0 Å². The van der Waals surface area contributed by atoms with E-state index < -0.39 is 0 Å². The van der Waals surface area contributed by atoms with Crippen molar-refractivity contribution in [2.24, 2.45) is 0 Å². The average molecular weight is 393 g/mol. The molecule has 0 saturated heterocycles. The average Bonchev–Trinajstić information content (AvgIpc) is 3.13. The number of hydrogen-bond acceptors (Lipinski definition) is 3. The fourth-order valence-electron chi connectivity index (χ4n) is 2.87. The smallest absolute Gasteiger partial charge is 0.224 e. The van der Waals surface area contributed by atoms with Gasteiger partial charge in [-0.05, 0) is 36.2 Å². The Bertz CT molecular complexity index is 1060. The summed E-state index contributed by atoms with van der Waals surface area (Å²) in [5.41, 5.74) is 3.67. The Morgan fingerprint density at radius 1 is 1.00 bits per heavy atom. The summed E-state index contributed by atoms with van der Waals surface area (Å²) in [6.07, 6.45) is 1.10. The number of benzene rings is 3. The SMILES string of the molecule is O=C(CCc1ccccc1)Nc1cc(-c2nc3ccccc3s2)ccc1Cl. The third-order valence-electron chi connectivity index (χ3n) is 4.26. The van der Waals surface area contributed by atoms with Gasteiger partial charge in [0.1, 0.15) is 5.01 Å². The number of para-hydroxylation sites is 1. The summed E-state index contributed by atoms with van der Waals surface area (Å²) >= 11 is 7.92. The number of nitrogens with one attached hydrogen (secondary N) is 1. The first-order valence-electron chi connectivity index (χ1n) is 8.68. The molecule has 0 aliphatic carbocycles. The van der Waals surface area contributed by atoms with E-state index >= 15 is 0 Å². The second-order valence-electron chi connectivity index (χ2n) is 6.22. The highest BCUT2D eigenvalue weighted by Crippen LogP contribution is 2.33. The first-order chi connectivity index (χ1) is 13.2. The number of halogens is 1. The summed E-state index contributed by atoms with van der Waals surface area (Å²) in [6, 6.07) is 23.6. The maximum Gasteiger partial charge on any atom is 0.224 e. The molecule has 4 aromatic rings. The van der Waals surface area contributed by atoms with Crippen LogP contribution in [0.3, 0.4) is 0 Å². The van der Waals surface area contributed by atoms with E-state index in [-0.39, 0.29) is 5.91 Å². The normalized spacial score (nSPS) is 10.9. The van der Waals surface area contributed by atoms with Crippen molar-refractivity contribution in [2.75, 3.05) is 5.32 Å². The number of aryl methyl sites for hydroxylation is 1. The maximum absolute atomic E-state index is 12.3. The number of anilines is 1. The predicted octanol–water partition coefficient (Wildman–Crippen LogP) is 6.19. The summed E-state index contributed by atoms with van der Waals surface area (Å²) in [7, 11) is 0. The Morgan fingerprint density at radius 2 is 1.78 bits per heavy atom. The predicted molar refractivity (Wildman–Crippen MR) is 113 cm³/mol. The fourth-order valence-corrected chi connectivity index (χ4v) is 3.99. The van der Waals surface area contributed by atoms with E-state index in [1.165, 1.54) is 0 Å². The van der Waals surface area contributed by atoms with Crippen LogP contribution in [0, 0.1) is 0 Å². The van der Waals surface area contributed by atoms with Crippen molar-refractivity contribution in [2.45, 2.75) is 12.8 Å². The van der Waals surface area contributed by atoms with E-state index in [2.05, 4.69) is 16.4 Å². The van der Waals surface area contributed by atoms with Crippen LogP contribution in [0.1, 0.15) is 12.0 Å². The third-order valence-corrected chi connectivity index (χ3v) is 5.68. The highest BCUT2D eigenvalue weighted by molar-refractivity contribution is 7.21. The van der Waals surface area contributed by atoms with Crippen molar-refractivity contribution in [3.05, 3.63) is 83.4 Å². The minimum absolute atomic E-state index is 0.0535. The number of nitrogens with zero attached hydrogens (tertiary/aromatic N) is 1. The van der Waals surface area contributed by atoms with Crippen LogP contribution in [0.15, 0.2) is 72.8 Å². The van der Waals surface area contributed by atoms with Crippen LogP contribution in [0.25, 0.3) is 20.8 Å². The topological polar surface area (TPSA) is 42.0 Å². The Labute approximate surface area is 166 Å². The Kier molecular flexibility index (Phi) is 5.19. The van der Waals surface area contributed by atoms with E-state index in [1.54, 1.807) is 17.4 Å². The van der Waals surface area contributed by atoms with Gasteiger partial charge in [0, 0.05) is 12.0 Å². The monoisotopic (exact) mass is 392 g/mol. The van der Waals surface area contributed by atoms with Crippen LogP contribution in [0.2, 0.25) is 5.02 Å². The van der Waals surface area contributed by atoms with Crippen molar-refractivity contribution < 1.29 is 4.79 Å². The lowest BCUT2D eigenvalue weighted by Gasteiger charge is -2.09. The molecule has 0 fully saturated rings. The second-order valence-corrected chi connectivity index (χ2v) is 7.65. The number of fused-ring (bicyclic) bond motifs is 1. The van der Waals surface area contributed by atoms with Crippen molar-refractivity contribution in [1.29, 1.82) is 0 Å². The molecule has 1 heterocycles.